The fourth-order valence-corrected chi connectivity index (χ4v) is 1.68. The molecule has 0 atom stereocenters. The summed E-state index contributed by atoms with van der Waals surface area (Å²) in [5.74, 6) is 0.102. The van der Waals surface area contributed by atoms with Gasteiger partial charge in [-0.15, -0.1) is 0 Å². The standard InChI is InChI=1S/C5H10N2O3S/c6-11(9,10)7-3-1-5(8)2-4-7/h1-4H2,(H2,6,9,10). The Hall–Kier alpha value is -0.460. The Balaban J connectivity index is 2.60. The number of hydrogen-bond acceptors (Lipinski definition) is 3. The first-order valence-corrected chi connectivity index (χ1v) is 4.80. The van der Waals surface area contributed by atoms with E-state index < -0.39 is 10.2 Å². The van der Waals surface area contributed by atoms with Gasteiger partial charge in [-0.05, 0) is 0 Å². The molecule has 1 aliphatic rings. The number of Topliss-reactive ketones (excluding diaryl/α,β-unsaturated/α-hetero) is 1. The van der Waals surface area contributed by atoms with E-state index in [1.54, 1.807) is 0 Å². The Morgan fingerprint density at radius 1 is 1.27 bits per heavy atom. The molecule has 1 rings (SSSR count). The van der Waals surface area contributed by atoms with Crippen molar-refractivity contribution in [1.29, 1.82) is 0 Å². The molecule has 0 aromatic rings. The predicted octanol–water partition coefficient (Wildman–Crippen LogP) is -1.15. The van der Waals surface area contributed by atoms with Crippen molar-refractivity contribution in [1.82, 2.24) is 4.31 Å². The monoisotopic (exact) mass is 178 g/mol. The van der Waals surface area contributed by atoms with Crippen LogP contribution in [0.1, 0.15) is 12.8 Å². The molecule has 0 bridgehead atoms. The van der Waals surface area contributed by atoms with E-state index >= 15 is 0 Å². The van der Waals surface area contributed by atoms with Crippen molar-refractivity contribution >= 4 is 16.0 Å². The summed E-state index contributed by atoms with van der Waals surface area (Å²) >= 11 is 0. The van der Waals surface area contributed by atoms with Gasteiger partial charge in [0.2, 0.25) is 0 Å². The highest BCUT2D eigenvalue weighted by Gasteiger charge is 2.23. The smallest absolute Gasteiger partial charge is 0.276 e. The molecule has 0 amide bonds. The molecule has 0 radical (unpaired) electrons. The zero-order chi connectivity index (χ0) is 8.48. The highest BCUT2D eigenvalue weighted by Crippen LogP contribution is 2.07. The number of ketones is 1. The van der Waals surface area contributed by atoms with Crippen LogP contribution in [-0.2, 0) is 15.0 Å². The third kappa shape index (κ3) is 2.25. The van der Waals surface area contributed by atoms with Crippen molar-refractivity contribution < 1.29 is 13.2 Å². The van der Waals surface area contributed by atoms with E-state index in [-0.39, 0.29) is 31.7 Å². The maximum atomic E-state index is 10.7. The average Bonchev–Trinajstić information content (AvgIpc) is 1.86. The fraction of sp³-hybridized carbons (Fsp3) is 0.800. The van der Waals surface area contributed by atoms with Crippen LogP contribution in [0.15, 0.2) is 0 Å². The number of nitrogens with zero attached hydrogens (tertiary/aromatic N) is 1. The molecule has 0 aromatic heterocycles. The number of piperidine rings is 1. The van der Waals surface area contributed by atoms with Crippen LogP contribution in [-0.4, -0.2) is 31.6 Å². The Morgan fingerprint density at radius 3 is 2.09 bits per heavy atom. The van der Waals surface area contributed by atoms with Gasteiger partial charge in [-0.1, -0.05) is 0 Å². The van der Waals surface area contributed by atoms with Gasteiger partial charge in [0, 0.05) is 25.9 Å². The van der Waals surface area contributed by atoms with Crippen molar-refractivity contribution in [2.45, 2.75) is 12.8 Å². The predicted molar refractivity (Wildman–Crippen MR) is 38.9 cm³/mol. The maximum Gasteiger partial charge on any atom is 0.276 e. The summed E-state index contributed by atoms with van der Waals surface area (Å²) < 4.78 is 22.5. The molecule has 1 heterocycles. The second-order valence-electron chi connectivity index (χ2n) is 2.48. The van der Waals surface area contributed by atoms with E-state index in [1.807, 2.05) is 0 Å². The van der Waals surface area contributed by atoms with Gasteiger partial charge in [-0.25, -0.2) is 5.14 Å². The van der Waals surface area contributed by atoms with Crippen LogP contribution in [0, 0.1) is 0 Å². The number of carbonyl (C=O) groups is 1. The van der Waals surface area contributed by atoms with Gasteiger partial charge < -0.3 is 0 Å². The Kier molecular flexibility index (Phi) is 2.26. The summed E-state index contributed by atoms with van der Waals surface area (Å²) in [4.78, 5) is 10.7. The minimum Gasteiger partial charge on any atom is -0.300 e. The molecule has 5 nitrogen and oxygen atoms in total. The molecule has 0 spiro atoms. The zero-order valence-corrected chi connectivity index (χ0v) is 6.80. The topological polar surface area (TPSA) is 80.5 Å². The van der Waals surface area contributed by atoms with Gasteiger partial charge in [-0.3, -0.25) is 4.79 Å². The summed E-state index contributed by atoms with van der Waals surface area (Å²) in [6, 6.07) is 0. The largest absolute Gasteiger partial charge is 0.300 e. The quantitative estimate of drug-likeness (QED) is 0.550. The first-order chi connectivity index (χ1) is 5.00. The number of hydrogen-bond donors (Lipinski definition) is 1. The van der Waals surface area contributed by atoms with Crippen molar-refractivity contribution in [3.05, 3.63) is 0 Å². The summed E-state index contributed by atoms with van der Waals surface area (Å²) in [7, 11) is -3.57. The summed E-state index contributed by atoms with van der Waals surface area (Å²) in [6.45, 7) is 0.468. The third-order valence-electron chi connectivity index (χ3n) is 1.64. The molecule has 1 saturated heterocycles. The SMILES string of the molecule is NS(=O)(=O)N1CCC(=O)CC1. The van der Waals surface area contributed by atoms with Crippen molar-refractivity contribution in [2.24, 2.45) is 5.14 Å². The van der Waals surface area contributed by atoms with Crippen LogP contribution in [0.5, 0.6) is 0 Å². The molecule has 2 N–H and O–H groups in total. The second-order valence-corrected chi connectivity index (χ2v) is 4.03. The molecule has 0 aromatic carbocycles. The summed E-state index contributed by atoms with van der Waals surface area (Å²) in [5.41, 5.74) is 0. The first-order valence-electron chi connectivity index (χ1n) is 3.30. The van der Waals surface area contributed by atoms with E-state index in [9.17, 15) is 13.2 Å². The minimum absolute atomic E-state index is 0.102. The lowest BCUT2D eigenvalue weighted by Crippen LogP contribution is -2.42. The number of rotatable bonds is 1. The second kappa shape index (κ2) is 2.88. The molecule has 0 aliphatic carbocycles. The normalized spacial score (nSPS) is 22.1. The maximum absolute atomic E-state index is 10.7. The highest BCUT2D eigenvalue weighted by atomic mass is 32.2. The van der Waals surface area contributed by atoms with Crippen LogP contribution in [0.4, 0.5) is 0 Å². The van der Waals surface area contributed by atoms with Gasteiger partial charge in [0.1, 0.15) is 5.78 Å². The van der Waals surface area contributed by atoms with Gasteiger partial charge in [-0.2, -0.15) is 12.7 Å². The molecule has 11 heavy (non-hydrogen) atoms. The van der Waals surface area contributed by atoms with Crippen LogP contribution >= 0.6 is 0 Å². The fourth-order valence-electron chi connectivity index (χ4n) is 0.990. The van der Waals surface area contributed by atoms with Crippen LogP contribution in [0.3, 0.4) is 0 Å². The Bertz CT molecular complexity index is 249. The van der Waals surface area contributed by atoms with Gasteiger partial charge in [0.05, 0.1) is 0 Å². The van der Waals surface area contributed by atoms with E-state index in [4.69, 9.17) is 5.14 Å². The van der Waals surface area contributed by atoms with Crippen LogP contribution < -0.4 is 5.14 Å². The van der Waals surface area contributed by atoms with Gasteiger partial charge in [0.25, 0.3) is 10.2 Å². The first kappa shape index (κ1) is 8.63. The molecule has 0 saturated carbocycles. The number of nitrogens with two attached hydrogens (primary N) is 1. The summed E-state index contributed by atoms with van der Waals surface area (Å²) in [6.07, 6.45) is 0.576. The lowest BCUT2D eigenvalue weighted by molar-refractivity contribution is -0.120. The van der Waals surface area contributed by atoms with E-state index in [0.29, 0.717) is 0 Å². The molecule has 6 heteroatoms. The third-order valence-corrected chi connectivity index (χ3v) is 2.72. The minimum atomic E-state index is -3.57. The zero-order valence-electron chi connectivity index (χ0n) is 5.99. The van der Waals surface area contributed by atoms with Crippen LogP contribution in [0.25, 0.3) is 0 Å². The molecular weight excluding hydrogens is 168 g/mol. The van der Waals surface area contributed by atoms with Crippen molar-refractivity contribution in [2.75, 3.05) is 13.1 Å². The lowest BCUT2D eigenvalue weighted by atomic mass is 10.1. The Morgan fingerprint density at radius 2 is 1.73 bits per heavy atom. The van der Waals surface area contributed by atoms with E-state index in [2.05, 4.69) is 0 Å². The molecule has 64 valence electrons. The molecule has 1 fully saturated rings. The number of carbonyl (C=O) groups excluding carboxylic acids is 1. The lowest BCUT2D eigenvalue weighted by Gasteiger charge is -2.22. The van der Waals surface area contributed by atoms with Crippen molar-refractivity contribution in [3.8, 4) is 0 Å². The molecule has 1 aliphatic heterocycles. The van der Waals surface area contributed by atoms with Crippen molar-refractivity contribution in [3.63, 3.8) is 0 Å². The summed E-state index contributed by atoms with van der Waals surface area (Å²) in [5, 5.41) is 4.84. The van der Waals surface area contributed by atoms with E-state index in [1.165, 1.54) is 0 Å². The van der Waals surface area contributed by atoms with Gasteiger partial charge >= 0.3 is 0 Å². The van der Waals surface area contributed by atoms with Crippen LogP contribution in [0.2, 0.25) is 0 Å². The molecular formula is C5H10N2O3S. The van der Waals surface area contributed by atoms with Gasteiger partial charge in [0.15, 0.2) is 0 Å². The highest BCUT2D eigenvalue weighted by molar-refractivity contribution is 7.86. The molecule has 0 unspecified atom stereocenters. The average molecular weight is 178 g/mol. The Labute approximate surface area is 65.4 Å². The van der Waals surface area contributed by atoms with E-state index in [0.717, 1.165) is 4.31 Å².